The lowest BCUT2D eigenvalue weighted by molar-refractivity contribution is 0.873. The number of nitrogens with zero attached hydrogens (tertiary/aromatic N) is 3. The molecule has 114 valence electrons. The zero-order valence-electron chi connectivity index (χ0n) is 12.5. The third-order valence-corrected chi connectivity index (χ3v) is 4.11. The van der Waals surface area contributed by atoms with Gasteiger partial charge in [0, 0.05) is 23.2 Å². The van der Waals surface area contributed by atoms with Crippen molar-refractivity contribution in [1.82, 2.24) is 19.6 Å². The van der Waals surface area contributed by atoms with Crippen LogP contribution in [0.1, 0.15) is 18.2 Å². The third kappa shape index (κ3) is 2.99. The van der Waals surface area contributed by atoms with E-state index in [0.29, 0.717) is 24.7 Å². The van der Waals surface area contributed by atoms with Crippen molar-refractivity contribution in [3.05, 3.63) is 51.9 Å². The number of aromatic amines is 1. The number of anilines is 1. The molecule has 0 spiro atoms. The minimum Gasteiger partial charge on any atom is -0.351 e. The molecule has 6 nitrogen and oxygen atoms in total. The number of fused-ring (bicyclic) bond motifs is 1. The van der Waals surface area contributed by atoms with Gasteiger partial charge in [-0.3, -0.25) is 9.89 Å². The van der Waals surface area contributed by atoms with Crippen LogP contribution in [-0.2, 0) is 13.0 Å². The largest absolute Gasteiger partial charge is 0.351 e. The zero-order valence-corrected chi connectivity index (χ0v) is 13.3. The minimum atomic E-state index is -0.147. The number of H-pyrrole nitrogens is 1. The van der Waals surface area contributed by atoms with Gasteiger partial charge >= 0.3 is 0 Å². The van der Waals surface area contributed by atoms with Gasteiger partial charge in [0.2, 0.25) is 5.95 Å². The van der Waals surface area contributed by atoms with Gasteiger partial charge in [0.05, 0.1) is 0 Å². The van der Waals surface area contributed by atoms with Crippen molar-refractivity contribution >= 4 is 23.5 Å². The normalized spacial score (nSPS) is 11.0. The fourth-order valence-corrected chi connectivity index (χ4v) is 2.52. The fraction of sp³-hybridized carbons (Fsp3) is 0.267. The maximum absolute atomic E-state index is 11.9. The van der Waals surface area contributed by atoms with E-state index in [0.717, 1.165) is 11.3 Å². The lowest BCUT2D eigenvalue weighted by atomic mass is 10.2. The predicted octanol–water partition coefficient (Wildman–Crippen LogP) is 2.31. The lowest BCUT2D eigenvalue weighted by Crippen LogP contribution is -2.15. The van der Waals surface area contributed by atoms with Gasteiger partial charge in [-0.25, -0.2) is 4.98 Å². The third-order valence-electron chi connectivity index (χ3n) is 3.36. The van der Waals surface area contributed by atoms with Crippen molar-refractivity contribution in [3.8, 4) is 0 Å². The van der Waals surface area contributed by atoms with E-state index in [-0.39, 0.29) is 5.56 Å². The quantitative estimate of drug-likeness (QED) is 0.707. The van der Waals surface area contributed by atoms with Crippen molar-refractivity contribution < 1.29 is 0 Å². The number of hydrogen-bond donors (Lipinski definition) is 2. The van der Waals surface area contributed by atoms with Crippen LogP contribution in [0, 0.1) is 0 Å². The lowest BCUT2D eigenvalue weighted by Gasteiger charge is -2.03. The Kier molecular flexibility index (Phi) is 4.15. The van der Waals surface area contributed by atoms with Crippen LogP contribution in [0.5, 0.6) is 0 Å². The molecule has 0 radical (unpaired) electrons. The maximum atomic E-state index is 11.9. The van der Waals surface area contributed by atoms with Crippen LogP contribution in [0.2, 0.25) is 0 Å². The van der Waals surface area contributed by atoms with Gasteiger partial charge in [0.1, 0.15) is 0 Å². The summed E-state index contributed by atoms with van der Waals surface area (Å²) in [5.74, 6) is 0.927. The van der Waals surface area contributed by atoms with Gasteiger partial charge in [-0.2, -0.15) is 9.50 Å². The summed E-state index contributed by atoms with van der Waals surface area (Å²) in [5.41, 5.74) is 1.75. The van der Waals surface area contributed by atoms with E-state index in [4.69, 9.17) is 0 Å². The maximum Gasteiger partial charge on any atom is 0.274 e. The van der Waals surface area contributed by atoms with Crippen molar-refractivity contribution in [3.63, 3.8) is 0 Å². The SMILES string of the molecule is CCc1cc(=O)n2[nH]c(NCc3ccc(SC)cc3)nc2n1. The molecular weight excluding hydrogens is 298 g/mol. The minimum absolute atomic E-state index is 0.147. The number of hydrogen-bond acceptors (Lipinski definition) is 5. The second-order valence-corrected chi connectivity index (χ2v) is 5.73. The van der Waals surface area contributed by atoms with Gasteiger partial charge < -0.3 is 5.32 Å². The summed E-state index contributed by atoms with van der Waals surface area (Å²) >= 11 is 1.71. The first kappa shape index (κ1) is 14.6. The van der Waals surface area contributed by atoms with Crippen molar-refractivity contribution in [2.45, 2.75) is 24.8 Å². The number of thioether (sulfide) groups is 1. The second kappa shape index (κ2) is 6.23. The highest BCUT2D eigenvalue weighted by molar-refractivity contribution is 7.98. The van der Waals surface area contributed by atoms with E-state index in [9.17, 15) is 4.79 Å². The standard InChI is InChI=1S/C15H17N5OS/c1-3-11-8-13(21)20-15(17-11)18-14(19-20)16-9-10-4-6-12(22-2)7-5-10/h4-8H,3,9H2,1-2H3,(H2,16,17,18,19). The van der Waals surface area contributed by atoms with Crippen LogP contribution >= 0.6 is 11.8 Å². The number of aryl methyl sites for hydroxylation is 1. The summed E-state index contributed by atoms with van der Waals surface area (Å²) in [6, 6.07) is 9.83. The predicted molar refractivity (Wildman–Crippen MR) is 88.5 cm³/mol. The Hall–Kier alpha value is -2.28. The molecule has 2 aromatic heterocycles. The summed E-state index contributed by atoms with van der Waals surface area (Å²) in [5, 5.41) is 6.10. The molecule has 0 saturated carbocycles. The molecular formula is C15H17N5OS. The highest BCUT2D eigenvalue weighted by Crippen LogP contribution is 2.15. The van der Waals surface area contributed by atoms with Crippen LogP contribution in [0.4, 0.5) is 5.95 Å². The van der Waals surface area contributed by atoms with Crippen LogP contribution in [0.25, 0.3) is 5.78 Å². The molecule has 2 heterocycles. The first-order valence-corrected chi connectivity index (χ1v) is 8.27. The van der Waals surface area contributed by atoms with E-state index in [1.165, 1.54) is 15.5 Å². The molecule has 22 heavy (non-hydrogen) atoms. The number of benzene rings is 1. The first-order chi connectivity index (χ1) is 10.7. The molecule has 0 aliphatic heterocycles. The summed E-state index contributed by atoms with van der Waals surface area (Å²) < 4.78 is 1.35. The smallest absolute Gasteiger partial charge is 0.274 e. The molecule has 2 N–H and O–H groups in total. The molecule has 3 rings (SSSR count). The van der Waals surface area contributed by atoms with Gasteiger partial charge in [-0.1, -0.05) is 19.1 Å². The topological polar surface area (TPSA) is 75.1 Å². The monoisotopic (exact) mass is 315 g/mol. The number of rotatable bonds is 5. The van der Waals surface area contributed by atoms with E-state index in [1.54, 1.807) is 11.8 Å². The van der Waals surface area contributed by atoms with Crippen molar-refractivity contribution in [2.75, 3.05) is 11.6 Å². The van der Waals surface area contributed by atoms with Crippen molar-refractivity contribution in [1.29, 1.82) is 0 Å². The Morgan fingerprint density at radius 2 is 2.05 bits per heavy atom. The molecule has 1 aromatic carbocycles. The molecule has 0 aliphatic carbocycles. The Balaban J connectivity index is 1.78. The van der Waals surface area contributed by atoms with Gasteiger partial charge in [0.25, 0.3) is 11.3 Å². The average molecular weight is 315 g/mol. The van der Waals surface area contributed by atoms with E-state index in [1.807, 2.05) is 6.92 Å². The van der Waals surface area contributed by atoms with Crippen LogP contribution in [0.3, 0.4) is 0 Å². The van der Waals surface area contributed by atoms with Crippen LogP contribution in [-0.4, -0.2) is 25.8 Å². The first-order valence-electron chi connectivity index (χ1n) is 7.05. The highest BCUT2D eigenvalue weighted by Gasteiger charge is 2.07. The molecule has 0 bridgehead atoms. The van der Waals surface area contributed by atoms with E-state index >= 15 is 0 Å². The Labute approximate surface area is 132 Å². The summed E-state index contributed by atoms with van der Waals surface area (Å²) in [7, 11) is 0. The number of aromatic nitrogens is 4. The molecule has 0 aliphatic rings. The second-order valence-electron chi connectivity index (χ2n) is 4.85. The molecule has 0 fully saturated rings. The molecule has 0 amide bonds. The zero-order chi connectivity index (χ0) is 15.5. The highest BCUT2D eigenvalue weighted by atomic mass is 32.2. The fourth-order valence-electron chi connectivity index (χ4n) is 2.12. The van der Waals surface area contributed by atoms with Gasteiger partial charge in [0.15, 0.2) is 0 Å². The average Bonchev–Trinajstić information content (AvgIpc) is 2.97. The summed E-state index contributed by atoms with van der Waals surface area (Å²) in [6.07, 6.45) is 2.76. The van der Waals surface area contributed by atoms with Crippen LogP contribution in [0.15, 0.2) is 40.0 Å². The van der Waals surface area contributed by atoms with Crippen LogP contribution < -0.4 is 10.9 Å². The van der Waals surface area contributed by atoms with Gasteiger partial charge in [-0.05, 0) is 30.4 Å². The molecule has 0 saturated heterocycles. The Morgan fingerprint density at radius 1 is 1.27 bits per heavy atom. The molecule has 3 aromatic rings. The van der Waals surface area contributed by atoms with Crippen molar-refractivity contribution in [2.24, 2.45) is 0 Å². The van der Waals surface area contributed by atoms with E-state index < -0.39 is 0 Å². The van der Waals surface area contributed by atoms with E-state index in [2.05, 4.69) is 50.9 Å². The Bertz CT molecular complexity index is 837. The van der Waals surface area contributed by atoms with Gasteiger partial charge in [-0.15, -0.1) is 11.8 Å². The molecule has 7 heteroatoms. The molecule has 0 unspecified atom stereocenters. The molecule has 0 atom stereocenters. The number of nitrogens with one attached hydrogen (secondary N) is 2. The summed E-state index contributed by atoms with van der Waals surface area (Å²) in [4.78, 5) is 21.8. The Morgan fingerprint density at radius 3 is 2.73 bits per heavy atom. The summed E-state index contributed by atoms with van der Waals surface area (Å²) in [6.45, 7) is 2.59.